The second kappa shape index (κ2) is 9.03. The van der Waals surface area contributed by atoms with Crippen LogP contribution >= 0.6 is 0 Å². The number of hydrogen-bond donors (Lipinski definition) is 1. The molecule has 0 amide bonds. The Morgan fingerprint density at radius 1 is 1.10 bits per heavy atom. The van der Waals surface area contributed by atoms with E-state index in [1.165, 1.54) is 12.0 Å². The third kappa shape index (κ3) is 4.84. The number of rotatable bonds is 9. The largest absolute Gasteiger partial charge is 0.373 e. The minimum Gasteiger partial charge on any atom is -0.373 e. The third-order valence-electron chi connectivity index (χ3n) is 3.59. The topological polar surface area (TPSA) is 47.0 Å². The summed E-state index contributed by atoms with van der Waals surface area (Å²) in [6.45, 7) is 10.6. The van der Waals surface area contributed by atoms with E-state index in [0.717, 1.165) is 49.6 Å². The molecular formula is C16H29N3O. The predicted molar refractivity (Wildman–Crippen MR) is 83.0 cm³/mol. The van der Waals surface area contributed by atoms with Gasteiger partial charge in [-0.1, -0.05) is 13.8 Å². The van der Waals surface area contributed by atoms with Crippen LogP contribution in [0.15, 0.2) is 0 Å². The molecule has 4 nitrogen and oxygen atoms in total. The Kier molecular flexibility index (Phi) is 7.70. The summed E-state index contributed by atoms with van der Waals surface area (Å²) < 4.78 is 5.43. The molecule has 0 aliphatic rings. The lowest BCUT2D eigenvalue weighted by Gasteiger charge is -2.16. The molecule has 0 saturated heterocycles. The van der Waals surface area contributed by atoms with Gasteiger partial charge in [-0.05, 0) is 58.2 Å². The molecule has 0 fully saturated rings. The van der Waals surface area contributed by atoms with Gasteiger partial charge < -0.3 is 10.1 Å². The lowest BCUT2D eigenvalue weighted by atomic mass is 10.1. The third-order valence-corrected chi connectivity index (χ3v) is 3.59. The first-order valence-corrected chi connectivity index (χ1v) is 7.71. The van der Waals surface area contributed by atoms with Crippen molar-refractivity contribution in [3.63, 3.8) is 0 Å². The van der Waals surface area contributed by atoms with Crippen molar-refractivity contribution in [1.82, 2.24) is 15.3 Å². The van der Waals surface area contributed by atoms with Gasteiger partial charge in [0.1, 0.15) is 6.10 Å². The van der Waals surface area contributed by atoms with Crippen LogP contribution in [0.3, 0.4) is 0 Å². The minimum atomic E-state index is 0.00710. The molecule has 1 aromatic heterocycles. The summed E-state index contributed by atoms with van der Waals surface area (Å²) in [4.78, 5) is 9.27. The van der Waals surface area contributed by atoms with Gasteiger partial charge in [0.25, 0.3) is 0 Å². The van der Waals surface area contributed by atoms with E-state index < -0.39 is 0 Å². The van der Waals surface area contributed by atoms with E-state index in [1.807, 2.05) is 0 Å². The Bertz CT molecular complexity index is 380. The highest BCUT2D eigenvalue weighted by Crippen LogP contribution is 2.20. The van der Waals surface area contributed by atoms with Crippen LogP contribution < -0.4 is 5.32 Å². The van der Waals surface area contributed by atoms with Crippen LogP contribution in [0.1, 0.15) is 62.0 Å². The van der Waals surface area contributed by atoms with Crippen molar-refractivity contribution in [2.24, 2.45) is 0 Å². The monoisotopic (exact) mass is 279 g/mol. The van der Waals surface area contributed by atoms with Crippen molar-refractivity contribution in [3.05, 3.63) is 22.8 Å². The average Bonchev–Trinajstić information content (AvgIpc) is 2.42. The molecule has 114 valence electrons. The molecular weight excluding hydrogens is 250 g/mol. The van der Waals surface area contributed by atoms with Crippen LogP contribution in [0.25, 0.3) is 0 Å². The van der Waals surface area contributed by atoms with Gasteiger partial charge in [0.05, 0.1) is 0 Å². The number of ether oxygens (including phenoxy) is 1. The molecule has 1 heterocycles. The zero-order valence-electron chi connectivity index (χ0n) is 13.6. The van der Waals surface area contributed by atoms with Crippen molar-refractivity contribution in [2.75, 3.05) is 20.2 Å². The standard InChI is InChI=1S/C16H29N3O/c1-6-10-17-11-8-9-14-12(3)18-16(19-13(14)4)15(7-2)20-5/h15,17H,6-11H2,1-5H3. The Morgan fingerprint density at radius 2 is 1.75 bits per heavy atom. The maximum Gasteiger partial charge on any atom is 0.157 e. The van der Waals surface area contributed by atoms with Gasteiger partial charge in [-0.15, -0.1) is 0 Å². The minimum absolute atomic E-state index is 0.00710. The fourth-order valence-electron chi connectivity index (χ4n) is 2.42. The summed E-state index contributed by atoms with van der Waals surface area (Å²) in [5.41, 5.74) is 3.48. The van der Waals surface area contributed by atoms with E-state index in [2.05, 4.69) is 43.0 Å². The van der Waals surface area contributed by atoms with Crippen LogP contribution in [0, 0.1) is 13.8 Å². The summed E-state index contributed by atoms with van der Waals surface area (Å²) in [7, 11) is 1.72. The van der Waals surface area contributed by atoms with E-state index in [0.29, 0.717) is 0 Å². The number of aryl methyl sites for hydroxylation is 2. The van der Waals surface area contributed by atoms with E-state index in [-0.39, 0.29) is 6.10 Å². The average molecular weight is 279 g/mol. The van der Waals surface area contributed by atoms with Gasteiger partial charge >= 0.3 is 0 Å². The highest BCUT2D eigenvalue weighted by Gasteiger charge is 2.15. The van der Waals surface area contributed by atoms with Crippen molar-refractivity contribution < 1.29 is 4.74 Å². The number of hydrogen-bond acceptors (Lipinski definition) is 4. The van der Waals surface area contributed by atoms with Crippen LogP contribution in [0.5, 0.6) is 0 Å². The second-order valence-corrected chi connectivity index (χ2v) is 5.22. The Hall–Kier alpha value is -1.00. The Balaban J connectivity index is 2.69. The molecule has 0 bridgehead atoms. The van der Waals surface area contributed by atoms with Crippen molar-refractivity contribution in [3.8, 4) is 0 Å². The SMILES string of the molecule is CCCNCCCc1c(C)nc(C(CC)OC)nc1C. The smallest absolute Gasteiger partial charge is 0.157 e. The van der Waals surface area contributed by atoms with Gasteiger partial charge in [0.15, 0.2) is 5.82 Å². The predicted octanol–water partition coefficient (Wildman–Crippen LogP) is 3.12. The van der Waals surface area contributed by atoms with E-state index in [1.54, 1.807) is 7.11 Å². The molecule has 20 heavy (non-hydrogen) atoms. The molecule has 1 N–H and O–H groups in total. The normalized spacial score (nSPS) is 12.7. The van der Waals surface area contributed by atoms with E-state index >= 15 is 0 Å². The van der Waals surface area contributed by atoms with E-state index in [4.69, 9.17) is 4.74 Å². The van der Waals surface area contributed by atoms with Crippen LogP contribution in [-0.2, 0) is 11.2 Å². The molecule has 1 unspecified atom stereocenters. The lowest BCUT2D eigenvalue weighted by Crippen LogP contribution is -2.17. The molecule has 4 heteroatoms. The first kappa shape index (κ1) is 17.1. The van der Waals surface area contributed by atoms with Crippen LogP contribution in [0.4, 0.5) is 0 Å². The number of aromatic nitrogens is 2. The fourth-order valence-corrected chi connectivity index (χ4v) is 2.42. The van der Waals surface area contributed by atoms with Gasteiger partial charge in [0, 0.05) is 18.5 Å². The van der Waals surface area contributed by atoms with Gasteiger partial charge in [-0.3, -0.25) is 0 Å². The number of nitrogens with zero attached hydrogens (tertiary/aromatic N) is 2. The first-order chi connectivity index (χ1) is 9.63. The highest BCUT2D eigenvalue weighted by atomic mass is 16.5. The summed E-state index contributed by atoms with van der Waals surface area (Å²) in [5.74, 6) is 0.817. The molecule has 0 radical (unpaired) electrons. The number of methoxy groups -OCH3 is 1. The zero-order chi connectivity index (χ0) is 15.0. The number of nitrogens with one attached hydrogen (secondary N) is 1. The quantitative estimate of drug-likeness (QED) is 0.706. The maximum absolute atomic E-state index is 5.43. The van der Waals surface area contributed by atoms with Crippen molar-refractivity contribution in [1.29, 1.82) is 0 Å². The molecule has 0 aliphatic carbocycles. The summed E-state index contributed by atoms with van der Waals surface area (Å²) in [6.07, 6.45) is 4.26. The molecule has 0 saturated carbocycles. The van der Waals surface area contributed by atoms with Crippen molar-refractivity contribution in [2.45, 2.75) is 59.5 Å². The van der Waals surface area contributed by atoms with E-state index in [9.17, 15) is 0 Å². The Labute approximate surface area is 123 Å². The highest BCUT2D eigenvalue weighted by molar-refractivity contribution is 5.25. The molecule has 1 rings (SSSR count). The molecule has 1 atom stereocenters. The zero-order valence-corrected chi connectivity index (χ0v) is 13.6. The van der Waals surface area contributed by atoms with Gasteiger partial charge in [-0.25, -0.2) is 9.97 Å². The molecule has 0 aliphatic heterocycles. The Morgan fingerprint density at radius 3 is 2.25 bits per heavy atom. The summed E-state index contributed by atoms with van der Waals surface area (Å²) >= 11 is 0. The first-order valence-electron chi connectivity index (χ1n) is 7.71. The van der Waals surface area contributed by atoms with Gasteiger partial charge in [0.2, 0.25) is 0 Å². The summed E-state index contributed by atoms with van der Waals surface area (Å²) in [5, 5.41) is 3.43. The second-order valence-electron chi connectivity index (χ2n) is 5.22. The van der Waals surface area contributed by atoms with Crippen molar-refractivity contribution >= 4 is 0 Å². The molecule has 0 aromatic carbocycles. The van der Waals surface area contributed by atoms with Crippen LogP contribution in [0.2, 0.25) is 0 Å². The molecule has 1 aromatic rings. The lowest BCUT2D eigenvalue weighted by molar-refractivity contribution is 0.0922. The summed E-state index contributed by atoms with van der Waals surface area (Å²) in [6, 6.07) is 0. The van der Waals surface area contributed by atoms with Crippen LogP contribution in [-0.4, -0.2) is 30.2 Å². The maximum atomic E-state index is 5.43. The van der Waals surface area contributed by atoms with Gasteiger partial charge in [-0.2, -0.15) is 0 Å². The molecule has 0 spiro atoms. The fraction of sp³-hybridized carbons (Fsp3) is 0.750.